The van der Waals surface area contributed by atoms with Crippen LogP contribution in [0.4, 0.5) is 5.82 Å². The van der Waals surface area contributed by atoms with Crippen LogP contribution in [-0.2, 0) is 14.9 Å². The van der Waals surface area contributed by atoms with Crippen LogP contribution in [-0.4, -0.2) is 38.2 Å². The third kappa shape index (κ3) is 3.55. The number of aromatic nitrogens is 4. The molecule has 1 aromatic carbocycles. The van der Waals surface area contributed by atoms with Crippen molar-refractivity contribution in [3.05, 3.63) is 46.2 Å². The van der Waals surface area contributed by atoms with Crippen molar-refractivity contribution in [2.45, 2.75) is 45.1 Å². The Morgan fingerprint density at radius 3 is 2.68 bits per heavy atom. The van der Waals surface area contributed by atoms with Crippen LogP contribution in [0.25, 0.3) is 17.2 Å². The lowest BCUT2D eigenvalue weighted by Gasteiger charge is -2.18. The molecular weight excluding hydrogens is 358 g/mol. The second kappa shape index (κ2) is 6.87. The van der Waals surface area contributed by atoms with Crippen molar-refractivity contribution in [3.8, 4) is 11.4 Å². The number of hydrogen-bond acceptors (Lipinski definition) is 5. The van der Waals surface area contributed by atoms with E-state index in [9.17, 15) is 9.59 Å². The number of carbonyl (C=O) groups is 1. The number of anilines is 1. The highest BCUT2D eigenvalue weighted by atomic mass is 16.5. The number of carbonyl (C=O) groups excluding carboxylic acids is 1. The summed E-state index contributed by atoms with van der Waals surface area (Å²) >= 11 is 0. The van der Waals surface area contributed by atoms with Crippen molar-refractivity contribution in [1.29, 1.82) is 0 Å². The first-order valence-corrected chi connectivity index (χ1v) is 9.35. The van der Waals surface area contributed by atoms with Gasteiger partial charge in [0.15, 0.2) is 5.82 Å². The van der Waals surface area contributed by atoms with Gasteiger partial charge in [0.2, 0.25) is 5.78 Å². The average Bonchev–Trinajstić information content (AvgIpc) is 3.31. The summed E-state index contributed by atoms with van der Waals surface area (Å²) in [5.41, 5.74) is 1.72. The van der Waals surface area contributed by atoms with E-state index in [-0.39, 0.29) is 28.5 Å². The molecule has 1 amide bonds. The highest BCUT2D eigenvalue weighted by molar-refractivity contribution is 5.93. The molecule has 2 N–H and O–H groups in total. The lowest BCUT2D eigenvalue weighted by atomic mass is 9.87. The molecule has 0 bridgehead atoms. The Balaban J connectivity index is 1.68. The Morgan fingerprint density at radius 2 is 2.04 bits per heavy atom. The largest absolute Gasteiger partial charge is 0.368 e. The van der Waals surface area contributed by atoms with Crippen LogP contribution in [0, 0.1) is 0 Å². The molecule has 1 aliphatic rings. The molecule has 8 heteroatoms. The van der Waals surface area contributed by atoms with E-state index in [1.54, 1.807) is 0 Å². The van der Waals surface area contributed by atoms with Gasteiger partial charge in [-0.05, 0) is 23.8 Å². The molecule has 1 atom stereocenters. The van der Waals surface area contributed by atoms with E-state index in [0.717, 1.165) is 12.0 Å². The quantitative estimate of drug-likeness (QED) is 0.726. The van der Waals surface area contributed by atoms with Crippen molar-refractivity contribution in [3.63, 3.8) is 0 Å². The molecule has 0 saturated carbocycles. The molecule has 8 nitrogen and oxygen atoms in total. The highest BCUT2D eigenvalue weighted by Crippen LogP contribution is 2.25. The Hall–Kier alpha value is -3.00. The van der Waals surface area contributed by atoms with Crippen molar-refractivity contribution in [2.24, 2.45) is 0 Å². The number of nitrogens with one attached hydrogen (secondary N) is 2. The number of amides is 1. The molecule has 3 aromatic rings. The van der Waals surface area contributed by atoms with Crippen LogP contribution in [0.3, 0.4) is 0 Å². The summed E-state index contributed by atoms with van der Waals surface area (Å²) in [6.07, 6.45) is 1.02. The number of H-pyrrole nitrogens is 1. The van der Waals surface area contributed by atoms with Crippen molar-refractivity contribution >= 4 is 17.5 Å². The van der Waals surface area contributed by atoms with Crippen molar-refractivity contribution in [2.75, 3.05) is 11.9 Å². The van der Waals surface area contributed by atoms with Crippen LogP contribution in [0.1, 0.15) is 39.2 Å². The zero-order chi connectivity index (χ0) is 19.9. The van der Waals surface area contributed by atoms with E-state index in [1.165, 1.54) is 16.1 Å². The predicted octanol–water partition coefficient (Wildman–Crippen LogP) is 2.50. The van der Waals surface area contributed by atoms with E-state index >= 15 is 0 Å². The lowest BCUT2D eigenvalue weighted by Crippen LogP contribution is -2.28. The predicted molar refractivity (Wildman–Crippen MR) is 105 cm³/mol. The van der Waals surface area contributed by atoms with Gasteiger partial charge in [0.1, 0.15) is 11.9 Å². The number of benzene rings is 1. The first kappa shape index (κ1) is 18.4. The van der Waals surface area contributed by atoms with E-state index in [2.05, 4.69) is 41.2 Å². The first-order chi connectivity index (χ1) is 13.3. The van der Waals surface area contributed by atoms with Crippen LogP contribution >= 0.6 is 0 Å². The lowest BCUT2D eigenvalue weighted by molar-refractivity contribution is -0.124. The Kier molecular flexibility index (Phi) is 4.50. The van der Waals surface area contributed by atoms with Gasteiger partial charge in [0, 0.05) is 18.2 Å². The monoisotopic (exact) mass is 381 g/mol. The summed E-state index contributed by atoms with van der Waals surface area (Å²) in [7, 11) is 0. The summed E-state index contributed by atoms with van der Waals surface area (Å²) in [5.74, 6) is 0.722. The number of aromatic amines is 1. The van der Waals surface area contributed by atoms with Crippen molar-refractivity contribution < 1.29 is 9.53 Å². The second-order valence-corrected chi connectivity index (χ2v) is 8.01. The molecule has 1 fully saturated rings. The maximum absolute atomic E-state index is 12.4. The van der Waals surface area contributed by atoms with Crippen LogP contribution < -0.4 is 10.9 Å². The zero-order valence-corrected chi connectivity index (χ0v) is 16.2. The summed E-state index contributed by atoms with van der Waals surface area (Å²) in [6, 6.07) is 9.30. The van der Waals surface area contributed by atoms with E-state index in [0.29, 0.717) is 18.9 Å². The summed E-state index contributed by atoms with van der Waals surface area (Å²) in [6.45, 7) is 7.03. The summed E-state index contributed by atoms with van der Waals surface area (Å²) in [5, 5.41) is 7.21. The Morgan fingerprint density at radius 1 is 1.29 bits per heavy atom. The van der Waals surface area contributed by atoms with Gasteiger partial charge in [-0.25, -0.2) is 0 Å². The van der Waals surface area contributed by atoms with Gasteiger partial charge in [0.25, 0.3) is 11.5 Å². The minimum atomic E-state index is -0.498. The molecule has 0 unspecified atom stereocenters. The third-order valence-electron chi connectivity index (χ3n) is 4.82. The molecule has 0 aliphatic carbocycles. The van der Waals surface area contributed by atoms with Gasteiger partial charge in [-0.2, -0.15) is 9.50 Å². The SMILES string of the molecule is CC(C)(C)c1ccc(-c2nc3[nH]c(=O)cc(NC(=O)[C@@H]4CCCO4)n3n2)cc1. The first-order valence-electron chi connectivity index (χ1n) is 9.35. The number of hydrogen-bond donors (Lipinski definition) is 2. The molecule has 0 radical (unpaired) electrons. The number of nitrogens with zero attached hydrogens (tertiary/aromatic N) is 3. The van der Waals surface area contributed by atoms with E-state index < -0.39 is 6.10 Å². The Labute approximate surface area is 161 Å². The number of fused-ring (bicyclic) bond motifs is 1. The normalized spacial score (nSPS) is 17.2. The van der Waals surface area contributed by atoms with Crippen LogP contribution in [0.15, 0.2) is 35.1 Å². The van der Waals surface area contributed by atoms with Crippen LogP contribution in [0.2, 0.25) is 0 Å². The van der Waals surface area contributed by atoms with Gasteiger partial charge in [0.05, 0.1) is 0 Å². The summed E-state index contributed by atoms with van der Waals surface area (Å²) < 4.78 is 6.83. The minimum absolute atomic E-state index is 0.0515. The standard InChI is InChI=1S/C20H23N5O3/c1-20(2,3)13-8-6-12(7-9-13)17-23-19-22-16(26)11-15(25(19)24-17)21-18(27)14-5-4-10-28-14/h6-9,11,14H,4-5,10H2,1-3H3,(H,21,27)(H,22,23,24,26)/t14-/m0/s1. The van der Waals surface area contributed by atoms with E-state index in [4.69, 9.17) is 4.74 Å². The van der Waals surface area contributed by atoms with Crippen LogP contribution in [0.5, 0.6) is 0 Å². The second-order valence-electron chi connectivity index (χ2n) is 8.01. The van der Waals surface area contributed by atoms with Gasteiger partial charge in [-0.1, -0.05) is 45.0 Å². The zero-order valence-electron chi connectivity index (χ0n) is 16.2. The Bertz CT molecular complexity index is 1070. The molecule has 2 aromatic heterocycles. The number of ether oxygens (including phenoxy) is 1. The summed E-state index contributed by atoms with van der Waals surface area (Å²) in [4.78, 5) is 31.4. The van der Waals surface area contributed by atoms with Gasteiger partial charge in [-0.15, -0.1) is 5.10 Å². The molecular formula is C20H23N5O3. The van der Waals surface area contributed by atoms with E-state index in [1.807, 2.05) is 24.3 Å². The fraction of sp³-hybridized carbons (Fsp3) is 0.400. The molecule has 4 rings (SSSR count). The molecule has 1 saturated heterocycles. The maximum Gasteiger partial charge on any atom is 0.254 e. The van der Waals surface area contributed by atoms with Gasteiger partial charge < -0.3 is 10.1 Å². The smallest absolute Gasteiger partial charge is 0.254 e. The fourth-order valence-corrected chi connectivity index (χ4v) is 3.21. The fourth-order valence-electron chi connectivity index (χ4n) is 3.21. The molecule has 28 heavy (non-hydrogen) atoms. The molecule has 0 spiro atoms. The number of rotatable bonds is 3. The maximum atomic E-state index is 12.4. The topological polar surface area (TPSA) is 101 Å². The molecule has 146 valence electrons. The third-order valence-corrected chi connectivity index (χ3v) is 4.82. The molecule has 1 aliphatic heterocycles. The van der Waals surface area contributed by atoms with Crippen molar-refractivity contribution in [1.82, 2.24) is 19.6 Å². The molecule has 3 heterocycles. The highest BCUT2D eigenvalue weighted by Gasteiger charge is 2.24. The van der Waals surface area contributed by atoms with Gasteiger partial charge >= 0.3 is 0 Å². The average molecular weight is 381 g/mol. The minimum Gasteiger partial charge on any atom is -0.368 e. The van der Waals surface area contributed by atoms with Gasteiger partial charge in [-0.3, -0.25) is 14.6 Å².